The van der Waals surface area contributed by atoms with Gasteiger partial charge in [0.05, 0.1) is 0 Å². The molecular formula is C15H14F2N2O2. The summed E-state index contributed by atoms with van der Waals surface area (Å²) in [5.41, 5.74) is 6.36. The molecule has 0 spiro atoms. The van der Waals surface area contributed by atoms with Gasteiger partial charge in [0, 0.05) is 36.5 Å². The lowest BCUT2D eigenvalue weighted by Crippen LogP contribution is -2.07. The van der Waals surface area contributed by atoms with E-state index in [-0.39, 0.29) is 29.7 Å². The van der Waals surface area contributed by atoms with E-state index in [9.17, 15) is 13.6 Å². The Bertz CT molecular complexity index is 675. The van der Waals surface area contributed by atoms with Crippen LogP contribution in [0.2, 0.25) is 0 Å². The lowest BCUT2D eigenvalue weighted by molar-refractivity contribution is 0.0903. The number of carbonyl (C=O) groups is 1. The number of hydrogen-bond donors (Lipinski definition) is 2. The Balaban J connectivity index is 2.30. The van der Waals surface area contributed by atoms with Crippen LogP contribution in [-0.4, -0.2) is 22.5 Å². The maximum Gasteiger partial charge on any atom is 0.189 e. The number of ketones is 1. The molecule has 4 nitrogen and oxygen atoms in total. The average Bonchev–Trinajstić information content (AvgIpc) is 2.51. The van der Waals surface area contributed by atoms with E-state index in [0.717, 1.165) is 0 Å². The van der Waals surface area contributed by atoms with E-state index in [0.29, 0.717) is 5.56 Å². The minimum absolute atomic E-state index is 0.0783. The number of rotatable bonds is 5. The number of aliphatic hydroxyl groups excluding tert-OH is 1. The summed E-state index contributed by atoms with van der Waals surface area (Å²) < 4.78 is 27.6. The SMILES string of the molecule is NCc1ccc(Cc2cncc(C(=O)CO)c2)c(F)c1F. The van der Waals surface area contributed by atoms with Gasteiger partial charge in [0.15, 0.2) is 17.4 Å². The minimum Gasteiger partial charge on any atom is -0.388 e. The largest absolute Gasteiger partial charge is 0.388 e. The lowest BCUT2D eigenvalue weighted by Gasteiger charge is -2.08. The molecule has 1 heterocycles. The van der Waals surface area contributed by atoms with Gasteiger partial charge in [0.2, 0.25) is 0 Å². The summed E-state index contributed by atoms with van der Waals surface area (Å²) >= 11 is 0. The molecule has 3 N–H and O–H groups in total. The van der Waals surface area contributed by atoms with Crippen LogP contribution >= 0.6 is 0 Å². The third-order valence-electron chi connectivity index (χ3n) is 3.12. The highest BCUT2D eigenvalue weighted by molar-refractivity contribution is 5.96. The van der Waals surface area contributed by atoms with Crippen LogP contribution in [0.1, 0.15) is 27.0 Å². The smallest absolute Gasteiger partial charge is 0.189 e. The number of carbonyl (C=O) groups excluding carboxylic acids is 1. The van der Waals surface area contributed by atoms with Crippen LogP contribution in [0.25, 0.3) is 0 Å². The second-order valence-electron chi connectivity index (χ2n) is 4.56. The van der Waals surface area contributed by atoms with Crippen molar-refractivity contribution in [3.8, 4) is 0 Å². The Morgan fingerprint density at radius 3 is 2.52 bits per heavy atom. The van der Waals surface area contributed by atoms with E-state index in [1.807, 2.05) is 0 Å². The standard InChI is InChI=1S/C15H14F2N2O2/c16-14-10(1-2-11(5-18)15(14)17)3-9-4-12(7-19-6-9)13(21)8-20/h1-2,4,6-7,20H,3,5,8,18H2. The summed E-state index contributed by atoms with van der Waals surface area (Å²) in [6, 6.07) is 4.39. The molecule has 110 valence electrons. The number of benzene rings is 1. The molecule has 0 aliphatic rings. The highest BCUT2D eigenvalue weighted by Crippen LogP contribution is 2.19. The van der Waals surface area contributed by atoms with Crippen molar-refractivity contribution < 1.29 is 18.7 Å². The number of hydrogen-bond acceptors (Lipinski definition) is 4. The highest BCUT2D eigenvalue weighted by atomic mass is 19.2. The molecule has 0 unspecified atom stereocenters. The first-order valence-corrected chi connectivity index (χ1v) is 6.30. The summed E-state index contributed by atoms with van der Waals surface area (Å²) in [7, 11) is 0. The quantitative estimate of drug-likeness (QED) is 0.820. The Hall–Kier alpha value is -2.18. The van der Waals surface area contributed by atoms with E-state index in [1.165, 1.54) is 30.6 Å². The van der Waals surface area contributed by atoms with Gasteiger partial charge in [-0.1, -0.05) is 12.1 Å². The van der Waals surface area contributed by atoms with Gasteiger partial charge in [-0.15, -0.1) is 0 Å². The van der Waals surface area contributed by atoms with E-state index in [1.54, 1.807) is 0 Å². The summed E-state index contributed by atoms with van der Waals surface area (Å²) in [6.07, 6.45) is 2.87. The van der Waals surface area contributed by atoms with Crippen LogP contribution in [0.3, 0.4) is 0 Å². The Kier molecular flexibility index (Phi) is 4.72. The van der Waals surface area contributed by atoms with E-state index < -0.39 is 24.0 Å². The molecule has 0 aliphatic carbocycles. The summed E-state index contributed by atoms with van der Waals surface area (Å²) in [6.45, 7) is -0.704. The molecular weight excluding hydrogens is 278 g/mol. The van der Waals surface area contributed by atoms with Crippen LogP contribution in [0.5, 0.6) is 0 Å². The van der Waals surface area contributed by atoms with Crippen molar-refractivity contribution >= 4 is 5.78 Å². The van der Waals surface area contributed by atoms with E-state index in [2.05, 4.69) is 4.98 Å². The van der Waals surface area contributed by atoms with Gasteiger partial charge in [-0.3, -0.25) is 9.78 Å². The first kappa shape index (κ1) is 15.2. The van der Waals surface area contributed by atoms with E-state index in [4.69, 9.17) is 10.8 Å². The first-order valence-electron chi connectivity index (χ1n) is 6.30. The first-order chi connectivity index (χ1) is 10.1. The third kappa shape index (κ3) is 3.29. The molecule has 0 amide bonds. The zero-order valence-corrected chi connectivity index (χ0v) is 11.1. The molecule has 1 aromatic carbocycles. The Morgan fingerprint density at radius 2 is 1.86 bits per heavy atom. The molecule has 6 heteroatoms. The summed E-state index contributed by atoms with van der Waals surface area (Å²) in [5, 5.41) is 8.81. The number of pyridine rings is 1. The van der Waals surface area contributed by atoms with Gasteiger partial charge >= 0.3 is 0 Å². The lowest BCUT2D eigenvalue weighted by atomic mass is 10.0. The second kappa shape index (κ2) is 6.51. The fourth-order valence-corrected chi connectivity index (χ4v) is 1.97. The second-order valence-corrected chi connectivity index (χ2v) is 4.56. The van der Waals surface area contributed by atoms with Crippen molar-refractivity contribution in [3.05, 3.63) is 64.5 Å². The number of nitrogens with two attached hydrogens (primary N) is 1. The predicted octanol–water partition coefficient (Wildman–Crippen LogP) is 1.58. The maximum atomic E-state index is 13.9. The number of aliphatic hydroxyl groups is 1. The van der Waals surface area contributed by atoms with Crippen molar-refractivity contribution in [3.63, 3.8) is 0 Å². The summed E-state index contributed by atoms with van der Waals surface area (Å²) in [4.78, 5) is 15.3. The molecule has 0 bridgehead atoms. The van der Waals surface area contributed by atoms with Gasteiger partial charge < -0.3 is 10.8 Å². The van der Waals surface area contributed by atoms with Crippen LogP contribution in [0.15, 0.2) is 30.6 Å². The molecule has 1 aromatic heterocycles. The van der Waals surface area contributed by atoms with Crippen LogP contribution in [-0.2, 0) is 13.0 Å². The molecule has 0 saturated carbocycles. The van der Waals surface area contributed by atoms with Gasteiger partial charge in [-0.2, -0.15) is 0 Å². The topological polar surface area (TPSA) is 76.2 Å². The van der Waals surface area contributed by atoms with Crippen molar-refractivity contribution in [2.75, 3.05) is 6.61 Å². The highest BCUT2D eigenvalue weighted by Gasteiger charge is 2.13. The Labute approximate surface area is 120 Å². The molecule has 0 fully saturated rings. The molecule has 0 aliphatic heterocycles. The Morgan fingerprint density at radius 1 is 1.19 bits per heavy atom. The molecule has 0 saturated heterocycles. The van der Waals surface area contributed by atoms with Gasteiger partial charge in [0.25, 0.3) is 0 Å². The zero-order chi connectivity index (χ0) is 15.4. The van der Waals surface area contributed by atoms with E-state index >= 15 is 0 Å². The number of aromatic nitrogens is 1. The fourth-order valence-electron chi connectivity index (χ4n) is 1.97. The molecule has 0 atom stereocenters. The van der Waals surface area contributed by atoms with Gasteiger partial charge in [-0.05, 0) is 17.2 Å². The average molecular weight is 292 g/mol. The molecule has 2 aromatic rings. The monoisotopic (exact) mass is 292 g/mol. The van der Waals surface area contributed by atoms with Crippen molar-refractivity contribution in [2.24, 2.45) is 5.73 Å². The minimum atomic E-state index is -0.953. The van der Waals surface area contributed by atoms with Crippen molar-refractivity contribution in [1.29, 1.82) is 0 Å². The molecule has 0 radical (unpaired) electrons. The predicted molar refractivity (Wildman–Crippen MR) is 72.7 cm³/mol. The number of nitrogens with zero attached hydrogens (tertiary/aromatic N) is 1. The summed E-state index contributed by atoms with van der Waals surface area (Å²) in [5.74, 6) is -2.38. The molecule has 2 rings (SSSR count). The third-order valence-corrected chi connectivity index (χ3v) is 3.12. The fraction of sp³-hybridized carbons (Fsp3) is 0.200. The van der Waals surface area contributed by atoms with Gasteiger partial charge in [0.1, 0.15) is 6.61 Å². The van der Waals surface area contributed by atoms with Crippen LogP contribution in [0, 0.1) is 11.6 Å². The van der Waals surface area contributed by atoms with Crippen LogP contribution in [0.4, 0.5) is 8.78 Å². The number of halogens is 2. The number of Topliss-reactive ketones (excluding diaryl/α,β-unsaturated/α-hetero) is 1. The van der Waals surface area contributed by atoms with Crippen molar-refractivity contribution in [2.45, 2.75) is 13.0 Å². The van der Waals surface area contributed by atoms with Gasteiger partial charge in [-0.25, -0.2) is 8.78 Å². The maximum absolute atomic E-state index is 13.9. The van der Waals surface area contributed by atoms with Crippen LogP contribution < -0.4 is 5.73 Å². The molecule has 21 heavy (non-hydrogen) atoms. The normalized spacial score (nSPS) is 10.7. The van der Waals surface area contributed by atoms with Crippen molar-refractivity contribution in [1.82, 2.24) is 4.98 Å². The zero-order valence-electron chi connectivity index (χ0n) is 11.1.